The Morgan fingerprint density at radius 3 is 2.74 bits per heavy atom. The molecule has 0 aliphatic carbocycles. The maximum absolute atomic E-state index is 11.9. The van der Waals surface area contributed by atoms with Gasteiger partial charge in [-0.2, -0.15) is 0 Å². The molecule has 0 saturated carbocycles. The molecule has 6 nitrogen and oxygen atoms in total. The molecule has 0 atom stereocenters. The van der Waals surface area contributed by atoms with Crippen LogP contribution in [-0.2, 0) is 9.53 Å². The molecule has 0 amide bonds. The van der Waals surface area contributed by atoms with E-state index in [1.54, 1.807) is 6.92 Å². The van der Waals surface area contributed by atoms with Gasteiger partial charge in [-0.15, -0.1) is 0 Å². The standard InChI is InChI=1S/C12H9ClO6/c1-2-17-12(16)9(15)6-3-8(13)7(4-14)11-10(6)18-5-19-11/h3-4H,2,5H2,1H3. The number of hydrogen-bond acceptors (Lipinski definition) is 6. The minimum atomic E-state index is -1.02. The number of rotatable bonds is 4. The Labute approximate surface area is 113 Å². The fraction of sp³-hybridized carbons (Fsp3) is 0.250. The second-order valence-corrected chi connectivity index (χ2v) is 3.96. The number of carbonyl (C=O) groups is 3. The molecule has 0 aromatic heterocycles. The van der Waals surface area contributed by atoms with Crippen LogP contribution in [0.2, 0.25) is 5.02 Å². The number of ether oxygens (including phenoxy) is 3. The van der Waals surface area contributed by atoms with Gasteiger partial charge in [0, 0.05) is 0 Å². The van der Waals surface area contributed by atoms with E-state index in [9.17, 15) is 14.4 Å². The number of Topliss-reactive ketones (excluding diaryl/α,β-unsaturated/α-hetero) is 1. The number of ketones is 1. The van der Waals surface area contributed by atoms with Gasteiger partial charge in [0.1, 0.15) is 0 Å². The highest BCUT2D eigenvalue weighted by Gasteiger charge is 2.31. The van der Waals surface area contributed by atoms with Crippen LogP contribution >= 0.6 is 11.6 Å². The van der Waals surface area contributed by atoms with E-state index < -0.39 is 11.8 Å². The fourth-order valence-corrected chi connectivity index (χ4v) is 1.88. The summed E-state index contributed by atoms with van der Waals surface area (Å²) in [6.07, 6.45) is 0.495. The minimum absolute atomic E-state index is 0.00639. The number of aldehydes is 1. The summed E-state index contributed by atoms with van der Waals surface area (Å²) in [5.41, 5.74) is -0.00359. The average molecular weight is 285 g/mol. The number of hydrogen-bond donors (Lipinski definition) is 0. The maximum Gasteiger partial charge on any atom is 0.379 e. The highest BCUT2D eigenvalue weighted by molar-refractivity contribution is 6.42. The smallest absolute Gasteiger partial charge is 0.379 e. The first-order valence-corrected chi connectivity index (χ1v) is 5.76. The summed E-state index contributed by atoms with van der Waals surface area (Å²) in [6, 6.07) is 1.19. The van der Waals surface area contributed by atoms with Crippen molar-refractivity contribution in [3.8, 4) is 11.5 Å². The minimum Gasteiger partial charge on any atom is -0.460 e. The molecule has 7 heteroatoms. The molecule has 2 rings (SSSR count). The van der Waals surface area contributed by atoms with Gasteiger partial charge in [-0.05, 0) is 13.0 Å². The molecular formula is C12H9ClO6. The van der Waals surface area contributed by atoms with E-state index in [4.69, 9.17) is 21.1 Å². The Hall–Kier alpha value is -2.08. The van der Waals surface area contributed by atoms with Crippen molar-refractivity contribution in [1.82, 2.24) is 0 Å². The van der Waals surface area contributed by atoms with E-state index in [0.717, 1.165) is 0 Å². The van der Waals surface area contributed by atoms with Crippen molar-refractivity contribution in [2.45, 2.75) is 6.92 Å². The maximum atomic E-state index is 11.9. The van der Waals surface area contributed by atoms with Crippen LogP contribution in [0.25, 0.3) is 0 Å². The monoisotopic (exact) mass is 284 g/mol. The number of fused-ring (bicyclic) bond motifs is 1. The summed E-state index contributed by atoms with van der Waals surface area (Å²) >= 11 is 5.87. The van der Waals surface area contributed by atoms with Crippen molar-refractivity contribution in [3.63, 3.8) is 0 Å². The van der Waals surface area contributed by atoms with Crippen LogP contribution in [0.3, 0.4) is 0 Å². The molecule has 1 heterocycles. The highest BCUT2D eigenvalue weighted by Crippen LogP contribution is 2.42. The second kappa shape index (κ2) is 5.27. The number of benzene rings is 1. The molecule has 0 radical (unpaired) electrons. The lowest BCUT2D eigenvalue weighted by molar-refractivity contribution is -0.137. The molecule has 1 aromatic carbocycles. The third kappa shape index (κ3) is 2.26. The summed E-state index contributed by atoms with van der Waals surface area (Å²) in [4.78, 5) is 34.2. The first-order chi connectivity index (χ1) is 9.10. The highest BCUT2D eigenvalue weighted by atomic mass is 35.5. The van der Waals surface area contributed by atoms with Crippen molar-refractivity contribution < 1.29 is 28.6 Å². The van der Waals surface area contributed by atoms with Crippen molar-refractivity contribution in [2.24, 2.45) is 0 Å². The van der Waals surface area contributed by atoms with E-state index in [1.165, 1.54) is 6.07 Å². The van der Waals surface area contributed by atoms with Gasteiger partial charge in [0.2, 0.25) is 6.79 Å². The third-order valence-electron chi connectivity index (χ3n) is 2.45. The first-order valence-electron chi connectivity index (χ1n) is 5.38. The Kier molecular flexibility index (Phi) is 3.71. The third-order valence-corrected chi connectivity index (χ3v) is 2.77. The van der Waals surface area contributed by atoms with Crippen molar-refractivity contribution >= 4 is 29.6 Å². The summed E-state index contributed by atoms with van der Waals surface area (Å²) in [6.45, 7) is 1.50. The fourth-order valence-electron chi connectivity index (χ4n) is 1.64. The van der Waals surface area contributed by atoms with Gasteiger partial charge in [0.05, 0.1) is 22.8 Å². The largest absolute Gasteiger partial charge is 0.460 e. The molecule has 0 saturated heterocycles. The summed E-state index contributed by atoms with van der Waals surface area (Å²) in [7, 11) is 0. The molecule has 0 N–H and O–H groups in total. The first kappa shape index (κ1) is 13.4. The van der Waals surface area contributed by atoms with Gasteiger partial charge in [-0.25, -0.2) is 4.79 Å². The normalized spacial score (nSPS) is 12.1. The van der Waals surface area contributed by atoms with Crippen LogP contribution < -0.4 is 9.47 Å². The molecule has 0 spiro atoms. The zero-order chi connectivity index (χ0) is 14.0. The van der Waals surface area contributed by atoms with E-state index in [2.05, 4.69) is 4.74 Å². The Bertz CT molecular complexity index is 566. The van der Waals surface area contributed by atoms with Crippen LogP contribution in [0.4, 0.5) is 0 Å². The SMILES string of the molecule is CCOC(=O)C(=O)c1cc(Cl)c(C=O)c2c1OCO2. The lowest BCUT2D eigenvalue weighted by Gasteiger charge is -2.07. The Morgan fingerprint density at radius 1 is 1.42 bits per heavy atom. The predicted molar refractivity (Wildman–Crippen MR) is 63.9 cm³/mol. The van der Waals surface area contributed by atoms with Crippen LogP contribution in [0.1, 0.15) is 27.6 Å². The van der Waals surface area contributed by atoms with Gasteiger partial charge in [0.15, 0.2) is 17.8 Å². The van der Waals surface area contributed by atoms with Crippen molar-refractivity contribution in [2.75, 3.05) is 13.4 Å². The number of esters is 1. The van der Waals surface area contributed by atoms with Gasteiger partial charge >= 0.3 is 5.97 Å². The van der Waals surface area contributed by atoms with E-state index in [1.807, 2.05) is 0 Å². The Morgan fingerprint density at radius 2 is 2.11 bits per heavy atom. The molecule has 1 aliphatic heterocycles. The Balaban J connectivity index is 2.51. The van der Waals surface area contributed by atoms with Crippen LogP contribution in [0.5, 0.6) is 11.5 Å². The summed E-state index contributed by atoms with van der Waals surface area (Å²) in [5.74, 6) is -1.82. The summed E-state index contributed by atoms with van der Waals surface area (Å²) < 4.78 is 14.8. The van der Waals surface area contributed by atoms with Gasteiger partial charge in [0.25, 0.3) is 5.78 Å². The zero-order valence-corrected chi connectivity index (χ0v) is 10.7. The average Bonchev–Trinajstić information content (AvgIpc) is 2.86. The van der Waals surface area contributed by atoms with Gasteiger partial charge in [-0.3, -0.25) is 9.59 Å². The van der Waals surface area contributed by atoms with Gasteiger partial charge in [-0.1, -0.05) is 11.6 Å². The second-order valence-electron chi connectivity index (χ2n) is 3.55. The van der Waals surface area contributed by atoms with E-state index in [-0.39, 0.29) is 41.0 Å². The lowest BCUT2D eigenvalue weighted by Crippen LogP contribution is -2.18. The molecule has 0 unspecified atom stereocenters. The molecule has 19 heavy (non-hydrogen) atoms. The lowest BCUT2D eigenvalue weighted by atomic mass is 10.1. The van der Waals surface area contributed by atoms with Crippen molar-refractivity contribution in [3.05, 3.63) is 22.2 Å². The zero-order valence-electron chi connectivity index (χ0n) is 9.90. The predicted octanol–water partition coefficient (Wildman–Crippen LogP) is 1.63. The quantitative estimate of drug-likeness (QED) is 0.362. The van der Waals surface area contributed by atoms with E-state index in [0.29, 0.717) is 6.29 Å². The molecule has 1 aliphatic rings. The number of halogens is 1. The summed E-state index contributed by atoms with van der Waals surface area (Å²) in [5, 5.41) is 0.00639. The van der Waals surface area contributed by atoms with E-state index >= 15 is 0 Å². The molecule has 100 valence electrons. The van der Waals surface area contributed by atoms with Crippen LogP contribution in [0, 0.1) is 0 Å². The van der Waals surface area contributed by atoms with Crippen LogP contribution in [-0.4, -0.2) is 31.4 Å². The van der Waals surface area contributed by atoms with Gasteiger partial charge < -0.3 is 14.2 Å². The molecular weight excluding hydrogens is 276 g/mol. The molecule has 0 bridgehead atoms. The topological polar surface area (TPSA) is 78.9 Å². The van der Waals surface area contributed by atoms with Crippen LogP contribution in [0.15, 0.2) is 6.07 Å². The van der Waals surface area contributed by atoms with Crippen molar-refractivity contribution in [1.29, 1.82) is 0 Å². The molecule has 1 aromatic rings. The molecule has 0 fully saturated rings. The number of carbonyl (C=O) groups excluding carboxylic acids is 3.